The van der Waals surface area contributed by atoms with Crippen molar-refractivity contribution in [2.45, 2.75) is 64.8 Å². The summed E-state index contributed by atoms with van der Waals surface area (Å²) in [5, 5.41) is 11.9. The lowest BCUT2D eigenvalue weighted by Gasteiger charge is -2.26. The van der Waals surface area contributed by atoms with Gasteiger partial charge >= 0.3 is 0 Å². The van der Waals surface area contributed by atoms with Gasteiger partial charge in [-0.25, -0.2) is 0 Å². The summed E-state index contributed by atoms with van der Waals surface area (Å²) in [6, 6.07) is 0. The molecule has 108 valence electrons. The Bertz CT molecular complexity index is 224. The Morgan fingerprint density at radius 2 is 2.00 bits per heavy atom. The monoisotopic (exact) mass is 258 g/mol. The van der Waals surface area contributed by atoms with Gasteiger partial charge in [-0.15, -0.1) is 0 Å². The van der Waals surface area contributed by atoms with Crippen molar-refractivity contribution in [3.05, 3.63) is 0 Å². The molecule has 0 bridgehead atoms. The molecule has 0 aromatic heterocycles. The summed E-state index contributed by atoms with van der Waals surface area (Å²) in [4.78, 5) is 11.8. The molecule has 0 spiro atoms. The highest BCUT2D eigenvalue weighted by Crippen LogP contribution is 2.17. The minimum Gasteiger partial charge on any atom is -0.396 e. The zero-order chi connectivity index (χ0) is 14.0. The van der Waals surface area contributed by atoms with Crippen LogP contribution in [0.1, 0.15) is 59.3 Å². The first-order chi connectivity index (χ1) is 8.45. The minimum absolute atomic E-state index is 0.0755. The van der Waals surface area contributed by atoms with Crippen molar-refractivity contribution >= 4 is 5.91 Å². The smallest absolute Gasteiger partial charge is 0.220 e. The van der Waals surface area contributed by atoms with Crippen LogP contribution in [0.25, 0.3) is 0 Å². The molecule has 0 aromatic carbocycles. The first kappa shape index (κ1) is 17.4. The van der Waals surface area contributed by atoms with Gasteiger partial charge in [-0.2, -0.15) is 0 Å². The Labute approximate surface area is 111 Å². The summed E-state index contributed by atoms with van der Waals surface area (Å²) >= 11 is 0. The van der Waals surface area contributed by atoms with Gasteiger partial charge in [-0.1, -0.05) is 19.8 Å². The molecule has 0 saturated carbocycles. The van der Waals surface area contributed by atoms with Crippen LogP contribution in [0.15, 0.2) is 0 Å². The maximum Gasteiger partial charge on any atom is 0.220 e. The van der Waals surface area contributed by atoms with Crippen LogP contribution in [0.2, 0.25) is 0 Å². The van der Waals surface area contributed by atoms with E-state index in [-0.39, 0.29) is 18.1 Å². The number of nitrogens with one attached hydrogen (secondary N) is 1. The third-order valence-corrected chi connectivity index (χ3v) is 3.27. The van der Waals surface area contributed by atoms with Crippen LogP contribution < -0.4 is 11.1 Å². The largest absolute Gasteiger partial charge is 0.396 e. The van der Waals surface area contributed by atoms with Gasteiger partial charge in [0.15, 0.2) is 0 Å². The SMILES string of the molecule is CCCC(CCN)CCC(=O)NC(C)(C)CCO. The summed E-state index contributed by atoms with van der Waals surface area (Å²) in [7, 11) is 0. The Morgan fingerprint density at radius 3 is 2.50 bits per heavy atom. The summed E-state index contributed by atoms with van der Waals surface area (Å²) in [5.41, 5.74) is 5.26. The summed E-state index contributed by atoms with van der Waals surface area (Å²) in [6.07, 6.45) is 5.33. The molecule has 4 N–H and O–H groups in total. The van der Waals surface area contributed by atoms with Gasteiger partial charge in [-0.3, -0.25) is 4.79 Å². The van der Waals surface area contributed by atoms with E-state index in [1.165, 1.54) is 0 Å². The van der Waals surface area contributed by atoms with E-state index in [0.29, 0.717) is 25.3 Å². The highest BCUT2D eigenvalue weighted by atomic mass is 16.3. The number of aliphatic hydroxyl groups is 1. The van der Waals surface area contributed by atoms with Gasteiger partial charge in [0.1, 0.15) is 0 Å². The molecule has 0 heterocycles. The number of carbonyl (C=O) groups is 1. The van der Waals surface area contributed by atoms with E-state index in [4.69, 9.17) is 10.8 Å². The van der Waals surface area contributed by atoms with Crippen molar-refractivity contribution in [2.24, 2.45) is 11.7 Å². The molecule has 0 aliphatic rings. The average molecular weight is 258 g/mol. The van der Waals surface area contributed by atoms with Crippen molar-refractivity contribution in [1.82, 2.24) is 5.32 Å². The fourth-order valence-electron chi connectivity index (χ4n) is 2.19. The van der Waals surface area contributed by atoms with Gasteiger partial charge in [0, 0.05) is 18.6 Å². The molecule has 0 radical (unpaired) electrons. The van der Waals surface area contributed by atoms with Crippen LogP contribution in [0.4, 0.5) is 0 Å². The Morgan fingerprint density at radius 1 is 1.33 bits per heavy atom. The van der Waals surface area contributed by atoms with Gasteiger partial charge in [-0.05, 0) is 45.6 Å². The zero-order valence-corrected chi connectivity index (χ0v) is 12.2. The molecule has 0 aromatic rings. The minimum atomic E-state index is -0.319. The predicted molar refractivity (Wildman–Crippen MR) is 75.2 cm³/mol. The molecule has 0 fully saturated rings. The number of aliphatic hydroxyl groups excluding tert-OH is 1. The number of carbonyl (C=O) groups excluding carboxylic acids is 1. The van der Waals surface area contributed by atoms with Gasteiger partial charge < -0.3 is 16.2 Å². The zero-order valence-electron chi connectivity index (χ0n) is 12.2. The summed E-state index contributed by atoms with van der Waals surface area (Å²) < 4.78 is 0. The highest BCUT2D eigenvalue weighted by molar-refractivity contribution is 5.76. The lowest BCUT2D eigenvalue weighted by Crippen LogP contribution is -2.44. The van der Waals surface area contributed by atoms with Crippen LogP contribution in [0.3, 0.4) is 0 Å². The van der Waals surface area contributed by atoms with Crippen LogP contribution >= 0.6 is 0 Å². The Hall–Kier alpha value is -0.610. The van der Waals surface area contributed by atoms with E-state index in [1.54, 1.807) is 0 Å². The van der Waals surface area contributed by atoms with Gasteiger partial charge in [0.25, 0.3) is 0 Å². The lowest BCUT2D eigenvalue weighted by atomic mass is 9.94. The lowest BCUT2D eigenvalue weighted by molar-refractivity contribution is -0.123. The molecule has 1 atom stereocenters. The molecular weight excluding hydrogens is 228 g/mol. The third kappa shape index (κ3) is 8.48. The van der Waals surface area contributed by atoms with Gasteiger partial charge in [0.05, 0.1) is 0 Å². The van der Waals surface area contributed by atoms with E-state index >= 15 is 0 Å². The maximum atomic E-state index is 11.8. The fraction of sp³-hybridized carbons (Fsp3) is 0.929. The molecule has 0 aliphatic carbocycles. The van der Waals surface area contributed by atoms with Crippen molar-refractivity contribution in [1.29, 1.82) is 0 Å². The first-order valence-corrected chi connectivity index (χ1v) is 7.07. The standard InChI is InChI=1S/C14H30N2O2/c1-4-5-12(8-10-15)6-7-13(18)16-14(2,3)9-11-17/h12,17H,4-11,15H2,1-3H3,(H,16,18). The molecule has 18 heavy (non-hydrogen) atoms. The van der Waals surface area contributed by atoms with Crippen LogP contribution in [-0.4, -0.2) is 29.7 Å². The van der Waals surface area contributed by atoms with E-state index in [0.717, 1.165) is 25.7 Å². The number of nitrogens with two attached hydrogens (primary N) is 1. The Balaban J connectivity index is 3.99. The maximum absolute atomic E-state index is 11.8. The molecule has 1 amide bonds. The van der Waals surface area contributed by atoms with Crippen LogP contribution in [-0.2, 0) is 4.79 Å². The highest BCUT2D eigenvalue weighted by Gasteiger charge is 2.20. The number of rotatable bonds is 10. The molecule has 0 rings (SSSR count). The first-order valence-electron chi connectivity index (χ1n) is 7.07. The summed E-state index contributed by atoms with van der Waals surface area (Å²) in [6.45, 7) is 6.82. The molecule has 1 unspecified atom stereocenters. The van der Waals surface area contributed by atoms with Crippen molar-refractivity contribution in [3.63, 3.8) is 0 Å². The fourth-order valence-corrected chi connectivity index (χ4v) is 2.19. The molecule has 0 aliphatic heterocycles. The Kier molecular flexibility index (Phi) is 9.02. The normalized spacial score (nSPS) is 13.4. The topological polar surface area (TPSA) is 75.4 Å². The second-order valence-electron chi connectivity index (χ2n) is 5.68. The summed E-state index contributed by atoms with van der Waals surface area (Å²) in [5.74, 6) is 0.637. The number of hydrogen-bond donors (Lipinski definition) is 3. The molecule has 0 saturated heterocycles. The number of hydrogen-bond acceptors (Lipinski definition) is 3. The van der Waals surface area contributed by atoms with Gasteiger partial charge in [0.2, 0.25) is 5.91 Å². The van der Waals surface area contributed by atoms with Crippen molar-refractivity contribution in [2.75, 3.05) is 13.2 Å². The molecule has 4 heteroatoms. The second-order valence-corrected chi connectivity index (χ2v) is 5.68. The number of amides is 1. The van der Waals surface area contributed by atoms with E-state index < -0.39 is 0 Å². The third-order valence-electron chi connectivity index (χ3n) is 3.27. The van der Waals surface area contributed by atoms with Crippen molar-refractivity contribution in [3.8, 4) is 0 Å². The molecular formula is C14H30N2O2. The van der Waals surface area contributed by atoms with E-state index in [9.17, 15) is 4.79 Å². The van der Waals surface area contributed by atoms with Crippen LogP contribution in [0.5, 0.6) is 0 Å². The van der Waals surface area contributed by atoms with Crippen LogP contribution in [0, 0.1) is 5.92 Å². The predicted octanol–water partition coefficient (Wildman–Crippen LogP) is 1.81. The van der Waals surface area contributed by atoms with E-state index in [2.05, 4.69) is 12.2 Å². The average Bonchev–Trinajstić information content (AvgIpc) is 2.25. The second kappa shape index (κ2) is 9.34. The van der Waals surface area contributed by atoms with Crippen molar-refractivity contribution < 1.29 is 9.90 Å². The molecule has 4 nitrogen and oxygen atoms in total. The van der Waals surface area contributed by atoms with E-state index in [1.807, 2.05) is 13.8 Å². The quantitative estimate of drug-likeness (QED) is 0.559.